The first kappa shape index (κ1) is 25.9. The molecule has 3 aliphatic rings. The van der Waals surface area contributed by atoms with Crippen LogP contribution in [0.25, 0.3) is 10.2 Å². The number of fused-ring (bicyclic) bond motifs is 1. The maximum atomic E-state index is 13.7. The lowest BCUT2D eigenvalue weighted by atomic mass is 9.77. The zero-order valence-corrected chi connectivity index (χ0v) is 23.1. The van der Waals surface area contributed by atoms with Crippen LogP contribution in [0.15, 0.2) is 12.1 Å². The number of hydrogen-bond donors (Lipinski definition) is 2. The molecule has 0 bridgehead atoms. The molecule has 2 N–H and O–H groups in total. The third-order valence-corrected chi connectivity index (χ3v) is 9.42. The molecule has 37 heavy (non-hydrogen) atoms. The van der Waals surface area contributed by atoms with E-state index >= 15 is 0 Å². The lowest BCUT2D eigenvalue weighted by Gasteiger charge is -2.45. The number of thiophene rings is 1. The molecule has 5 rings (SSSR count). The number of amides is 4. The maximum absolute atomic E-state index is 13.7. The zero-order valence-electron chi connectivity index (χ0n) is 22.3. The van der Waals surface area contributed by atoms with Gasteiger partial charge in [-0.2, -0.15) is 0 Å². The number of nitrogens with zero attached hydrogens (tertiary/aromatic N) is 4. The lowest BCUT2D eigenvalue weighted by Crippen LogP contribution is -2.54. The summed E-state index contributed by atoms with van der Waals surface area (Å²) in [6, 6.07) is 4.11. The number of nitrogens with one attached hydrogen (secondary N) is 2. The highest BCUT2D eigenvalue weighted by molar-refractivity contribution is 7.23. The SMILES string of the molecule is CNC(=O)Nc1sc2nc(C)ccc2c1C(=O)N1CCC(N2CCCC3(CCN(C(C)C)C3=O)C2)CC1. The molecule has 3 fully saturated rings. The van der Waals surface area contributed by atoms with Crippen molar-refractivity contribution in [2.24, 2.45) is 5.41 Å². The summed E-state index contributed by atoms with van der Waals surface area (Å²) in [6.45, 7) is 10.2. The van der Waals surface area contributed by atoms with Gasteiger partial charge in [0.2, 0.25) is 5.91 Å². The van der Waals surface area contributed by atoms with E-state index < -0.39 is 0 Å². The van der Waals surface area contributed by atoms with Gasteiger partial charge in [-0.15, -0.1) is 0 Å². The topological polar surface area (TPSA) is 97.9 Å². The van der Waals surface area contributed by atoms with Crippen LogP contribution in [0.4, 0.5) is 9.80 Å². The van der Waals surface area contributed by atoms with Gasteiger partial charge >= 0.3 is 6.03 Å². The molecular weight excluding hydrogens is 488 g/mol. The van der Waals surface area contributed by atoms with Crippen molar-refractivity contribution in [3.8, 4) is 0 Å². The second kappa shape index (κ2) is 10.2. The second-order valence-electron chi connectivity index (χ2n) is 11.0. The van der Waals surface area contributed by atoms with E-state index in [-0.39, 0.29) is 23.4 Å². The van der Waals surface area contributed by atoms with Crippen LogP contribution in [0.1, 0.15) is 62.0 Å². The van der Waals surface area contributed by atoms with Crippen molar-refractivity contribution < 1.29 is 14.4 Å². The van der Waals surface area contributed by atoms with Crippen LogP contribution < -0.4 is 10.6 Å². The smallest absolute Gasteiger partial charge is 0.319 e. The quantitative estimate of drug-likeness (QED) is 0.633. The highest BCUT2D eigenvalue weighted by atomic mass is 32.1. The number of rotatable bonds is 4. The van der Waals surface area contributed by atoms with Gasteiger partial charge in [0.15, 0.2) is 0 Å². The normalized spacial score (nSPS) is 23.4. The molecule has 0 aliphatic carbocycles. The van der Waals surface area contributed by atoms with Crippen LogP contribution in [0, 0.1) is 12.3 Å². The molecule has 0 radical (unpaired) electrons. The van der Waals surface area contributed by atoms with Crippen LogP contribution >= 0.6 is 11.3 Å². The number of carbonyl (C=O) groups excluding carboxylic acids is 3. The minimum atomic E-state index is -0.354. The summed E-state index contributed by atoms with van der Waals surface area (Å²) in [5.74, 6) is 0.277. The van der Waals surface area contributed by atoms with Crippen molar-refractivity contribution in [3.63, 3.8) is 0 Å². The highest BCUT2D eigenvalue weighted by Crippen LogP contribution is 2.42. The molecular formula is C27H38N6O3S. The van der Waals surface area contributed by atoms with Crippen LogP contribution in [-0.4, -0.2) is 89.4 Å². The lowest BCUT2D eigenvalue weighted by molar-refractivity contribution is -0.140. The van der Waals surface area contributed by atoms with Gasteiger partial charge in [0, 0.05) is 56.4 Å². The first-order chi connectivity index (χ1) is 17.7. The standard InChI is InChI=1S/C27H38N6O3S/c1-17(2)33-15-11-27(25(33)35)10-5-12-32(16-27)19-8-13-31(14-9-19)24(34)21-20-7-6-18(3)29-22(20)37-23(21)30-26(36)28-4/h6-7,17,19H,5,8-16H2,1-4H3,(H2,28,30,36). The van der Waals surface area contributed by atoms with Gasteiger partial charge in [-0.05, 0) is 71.6 Å². The molecule has 0 saturated carbocycles. The van der Waals surface area contributed by atoms with Gasteiger partial charge < -0.3 is 15.1 Å². The van der Waals surface area contributed by atoms with Crippen molar-refractivity contribution in [2.75, 3.05) is 45.1 Å². The molecule has 1 atom stereocenters. The second-order valence-corrected chi connectivity index (χ2v) is 12.0. The molecule has 9 nitrogen and oxygen atoms in total. The Morgan fingerprint density at radius 3 is 2.57 bits per heavy atom. The summed E-state index contributed by atoms with van der Waals surface area (Å²) in [6.07, 6.45) is 4.78. The third kappa shape index (κ3) is 4.81. The zero-order chi connectivity index (χ0) is 26.3. The number of likely N-dealkylation sites (tertiary alicyclic amines) is 3. The first-order valence-corrected chi connectivity index (χ1v) is 14.3. The molecule has 1 unspecified atom stereocenters. The Hall–Kier alpha value is -2.72. The largest absolute Gasteiger partial charge is 0.341 e. The van der Waals surface area contributed by atoms with Gasteiger partial charge in [0.25, 0.3) is 5.91 Å². The summed E-state index contributed by atoms with van der Waals surface area (Å²) in [5, 5.41) is 6.71. The molecule has 200 valence electrons. The highest BCUT2D eigenvalue weighted by Gasteiger charge is 2.50. The number of carbonyl (C=O) groups is 3. The first-order valence-electron chi connectivity index (χ1n) is 13.5. The minimum Gasteiger partial charge on any atom is -0.341 e. The molecule has 3 saturated heterocycles. The Bertz CT molecular complexity index is 1200. The average molecular weight is 527 g/mol. The van der Waals surface area contributed by atoms with Gasteiger partial charge in [-0.3, -0.25) is 19.8 Å². The monoisotopic (exact) mass is 526 g/mol. The van der Waals surface area contributed by atoms with Crippen molar-refractivity contribution in [3.05, 3.63) is 23.4 Å². The Balaban J connectivity index is 1.28. The number of hydrogen-bond acceptors (Lipinski definition) is 6. The fourth-order valence-corrected chi connectivity index (χ4v) is 7.43. The Kier molecular flexibility index (Phi) is 7.15. The Morgan fingerprint density at radius 2 is 1.89 bits per heavy atom. The van der Waals surface area contributed by atoms with Crippen LogP contribution in [0.2, 0.25) is 0 Å². The van der Waals surface area contributed by atoms with Crippen molar-refractivity contribution in [1.82, 2.24) is 25.0 Å². The van der Waals surface area contributed by atoms with Crippen LogP contribution in [0.3, 0.4) is 0 Å². The number of urea groups is 1. The summed E-state index contributed by atoms with van der Waals surface area (Å²) in [7, 11) is 1.56. The van der Waals surface area contributed by atoms with Crippen molar-refractivity contribution >= 4 is 44.4 Å². The van der Waals surface area contributed by atoms with Gasteiger partial charge in [-0.25, -0.2) is 9.78 Å². The van der Waals surface area contributed by atoms with Crippen LogP contribution in [-0.2, 0) is 4.79 Å². The fourth-order valence-electron chi connectivity index (χ4n) is 6.33. The van der Waals surface area contributed by atoms with Gasteiger partial charge in [0.1, 0.15) is 9.83 Å². The fraction of sp³-hybridized carbons (Fsp3) is 0.630. The Morgan fingerprint density at radius 1 is 1.14 bits per heavy atom. The van der Waals surface area contributed by atoms with E-state index in [1.807, 2.05) is 24.0 Å². The summed E-state index contributed by atoms with van der Waals surface area (Å²) < 4.78 is 0. The number of anilines is 1. The maximum Gasteiger partial charge on any atom is 0.319 e. The number of pyridine rings is 1. The van der Waals surface area contributed by atoms with E-state index in [0.29, 0.717) is 35.6 Å². The van der Waals surface area contributed by atoms with E-state index in [2.05, 4.69) is 39.3 Å². The van der Waals surface area contributed by atoms with E-state index in [9.17, 15) is 14.4 Å². The minimum absolute atomic E-state index is 0.0598. The molecule has 2 aromatic rings. The molecule has 3 aliphatic heterocycles. The third-order valence-electron chi connectivity index (χ3n) is 8.41. The molecule has 10 heteroatoms. The Labute approximate surface area is 222 Å². The summed E-state index contributed by atoms with van der Waals surface area (Å²) >= 11 is 1.34. The van der Waals surface area contributed by atoms with E-state index in [0.717, 1.165) is 67.6 Å². The van der Waals surface area contributed by atoms with Crippen molar-refractivity contribution in [2.45, 2.75) is 65.0 Å². The van der Waals surface area contributed by atoms with Crippen LogP contribution in [0.5, 0.6) is 0 Å². The number of piperidine rings is 2. The number of aromatic nitrogens is 1. The molecule has 2 aromatic heterocycles. The van der Waals surface area contributed by atoms with E-state index in [1.165, 1.54) is 11.3 Å². The molecule has 1 spiro atoms. The van der Waals surface area contributed by atoms with Crippen molar-refractivity contribution in [1.29, 1.82) is 0 Å². The molecule has 0 aromatic carbocycles. The summed E-state index contributed by atoms with van der Waals surface area (Å²) in [5.41, 5.74) is 1.17. The van der Waals surface area contributed by atoms with Gasteiger partial charge in [-0.1, -0.05) is 11.3 Å². The number of aryl methyl sites for hydroxylation is 1. The average Bonchev–Trinajstić information content (AvgIpc) is 3.40. The predicted octanol–water partition coefficient (Wildman–Crippen LogP) is 3.68. The van der Waals surface area contributed by atoms with Gasteiger partial charge in [0.05, 0.1) is 11.0 Å². The molecule has 4 amide bonds. The van der Waals surface area contributed by atoms with E-state index in [1.54, 1.807) is 7.05 Å². The molecule has 5 heterocycles. The predicted molar refractivity (Wildman–Crippen MR) is 146 cm³/mol. The van der Waals surface area contributed by atoms with E-state index in [4.69, 9.17) is 0 Å². The summed E-state index contributed by atoms with van der Waals surface area (Å²) in [4.78, 5) is 51.0.